The van der Waals surface area contributed by atoms with Crippen LogP contribution < -0.4 is 10.6 Å². The molecule has 0 saturated heterocycles. The number of nitrogens with one attached hydrogen (secondary N) is 2. The molecule has 0 aliphatic carbocycles. The molecule has 1 unspecified atom stereocenters. The maximum absolute atomic E-state index is 13.2. The predicted octanol–water partition coefficient (Wildman–Crippen LogP) is 5.17. The van der Waals surface area contributed by atoms with Crippen LogP contribution in [0.1, 0.15) is 49.7 Å². The van der Waals surface area contributed by atoms with Crippen LogP contribution in [0.15, 0.2) is 53.7 Å². The molecule has 1 atom stereocenters. The van der Waals surface area contributed by atoms with Gasteiger partial charge in [0.1, 0.15) is 5.82 Å². The maximum atomic E-state index is 13.2. The number of urea groups is 1. The Bertz CT molecular complexity index is 988. The fraction of sp³-hybridized carbons (Fsp3) is 0.348. The lowest BCUT2D eigenvalue weighted by molar-refractivity contribution is 0.237. The van der Waals surface area contributed by atoms with Crippen LogP contribution >= 0.6 is 11.8 Å². The lowest BCUT2D eigenvalue weighted by Crippen LogP contribution is -2.38. The summed E-state index contributed by atoms with van der Waals surface area (Å²) in [4.78, 5) is 12.2. The Morgan fingerprint density at radius 1 is 1.13 bits per heavy atom. The molecule has 2 N–H and O–H groups in total. The SMILES string of the molecule is CCCCNC(=O)NC(C)c1nnc(SCc2ccc(F)cc2)n1-c1ccc(C)cc1. The van der Waals surface area contributed by atoms with Crippen LogP contribution in [0.25, 0.3) is 5.69 Å². The van der Waals surface area contributed by atoms with Crippen molar-refractivity contribution in [2.75, 3.05) is 6.54 Å². The number of halogens is 1. The van der Waals surface area contributed by atoms with Gasteiger partial charge in [0.2, 0.25) is 0 Å². The zero-order chi connectivity index (χ0) is 22.2. The molecule has 3 aromatic rings. The standard InChI is InChI=1S/C23H28FN5OS/c1-4-5-14-25-22(30)26-17(3)21-27-28-23(29(21)20-12-6-16(2)7-13-20)31-15-18-8-10-19(24)11-9-18/h6-13,17H,4-5,14-15H2,1-3H3,(H2,25,26,30). The zero-order valence-electron chi connectivity index (χ0n) is 18.1. The molecule has 2 amide bonds. The normalized spacial score (nSPS) is 11.9. The number of aryl methyl sites for hydroxylation is 1. The molecule has 164 valence electrons. The van der Waals surface area contributed by atoms with Gasteiger partial charge < -0.3 is 10.6 Å². The van der Waals surface area contributed by atoms with E-state index in [0.29, 0.717) is 23.3 Å². The first-order valence-corrected chi connectivity index (χ1v) is 11.4. The highest BCUT2D eigenvalue weighted by Gasteiger charge is 2.21. The molecule has 0 bridgehead atoms. The van der Waals surface area contributed by atoms with Crippen LogP contribution in [-0.2, 0) is 5.75 Å². The molecule has 3 rings (SSSR count). The van der Waals surface area contributed by atoms with Gasteiger partial charge in [0.05, 0.1) is 6.04 Å². The number of hydrogen-bond acceptors (Lipinski definition) is 4. The molecule has 0 radical (unpaired) electrons. The number of amides is 2. The van der Waals surface area contributed by atoms with Gasteiger partial charge in [-0.25, -0.2) is 9.18 Å². The molecule has 8 heteroatoms. The molecule has 1 aromatic heterocycles. The monoisotopic (exact) mass is 441 g/mol. The summed E-state index contributed by atoms with van der Waals surface area (Å²) in [5.74, 6) is 1.02. The number of carbonyl (C=O) groups excluding carboxylic acids is 1. The first kappa shape index (κ1) is 22.8. The summed E-state index contributed by atoms with van der Waals surface area (Å²) in [6.07, 6.45) is 1.96. The fourth-order valence-corrected chi connectivity index (χ4v) is 3.93. The van der Waals surface area contributed by atoms with Gasteiger partial charge in [0, 0.05) is 18.0 Å². The van der Waals surface area contributed by atoms with Crippen LogP contribution in [0, 0.1) is 12.7 Å². The summed E-state index contributed by atoms with van der Waals surface area (Å²) < 4.78 is 15.2. The Hall–Kier alpha value is -2.87. The summed E-state index contributed by atoms with van der Waals surface area (Å²) >= 11 is 1.52. The summed E-state index contributed by atoms with van der Waals surface area (Å²) in [5, 5.41) is 15.3. The third-order valence-electron chi connectivity index (χ3n) is 4.78. The number of thioether (sulfide) groups is 1. The van der Waals surface area contributed by atoms with Gasteiger partial charge in [-0.1, -0.05) is 54.9 Å². The molecule has 0 aliphatic rings. The molecule has 0 spiro atoms. The fourth-order valence-electron chi connectivity index (χ4n) is 3.01. The van der Waals surface area contributed by atoms with Crippen LogP contribution in [0.4, 0.5) is 9.18 Å². The minimum Gasteiger partial charge on any atom is -0.338 e. The van der Waals surface area contributed by atoms with Gasteiger partial charge >= 0.3 is 6.03 Å². The molecule has 2 aromatic carbocycles. The molecule has 1 heterocycles. The second-order valence-corrected chi connectivity index (χ2v) is 8.34. The third kappa shape index (κ3) is 6.30. The van der Waals surface area contributed by atoms with Crippen molar-refractivity contribution < 1.29 is 9.18 Å². The maximum Gasteiger partial charge on any atom is 0.315 e. The molecule has 0 aliphatic heterocycles. The average molecular weight is 442 g/mol. The molecular weight excluding hydrogens is 413 g/mol. The number of rotatable bonds is 9. The topological polar surface area (TPSA) is 71.8 Å². The van der Waals surface area contributed by atoms with Gasteiger partial charge in [-0.3, -0.25) is 4.57 Å². The van der Waals surface area contributed by atoms with Crippen LogP contribution in [0.2, 0.25) is 0 Å². The number of nitrogens with zero attached hydrogens (tertiary/aromatic N) is 3. The van der Waals surface area contributed by atoms with Crippen molar-refractivity contribution in [2.24, 2.45) is 0 Å². The summed E-state index contributed by atoms with van der Waals surface area (Å²) in [6.45, 7) is 6.64. The van der Waals surface area contributed by atoms with E-state index < -0.39 is 0 Å². The highest BCUT2D eigenvalue weighted by Crippen LogP contribution is 2.27. The minimum absolute atomic E-state index is 0.222. The van der Waals surface area contributed by atoms with Gasteiger partial charge in [-0.15, -0.1) is 10.2 Å². The molecule has 0 fully saturated rings. The second kappa shape index (κ2) is 10.9. The van der Waals surface area contributed by atoms with E-state index in [4.69, 9.17) is 0 Å². The minimum atomic E-state index is -0.337. The van der Waals surface area contributed by atoms with Crippen LogP contribution in [0.5, 0.6) is 0 Å². The molecule has 31 heavy (non-hydrogen) atoms. The van der Waals surface area contributed by atoms with E-state index in [1.165, 1.54) is 23.9 Å². The zero-order valence-corrected chi connectivity index (χ0v) is 18.9. The average Bonchev–Trinajstić information content (AvgIpc) is 3.18. The highest BCUT2D eigenvalue weighted by atomic mass is 32.2. The van der Waals surface area contributed by atoms with Gasteiger partial charge in [-0.05, 0) is 50.1 Å². The Morgan fingerprint density at radius 2 is 1.84 bits per heavy atom. The largest absolute Gasteiger partial charge is 0.338 e. The van der Waals surface area contributed by atoms with Crippen molar-refractivity contribution in [3.63, 3.8) is 0 Å². The van der Waals surface area contributed by atoms with E-state index in [0.717, 1.165) is 29.7 Å². The van der Waals surface area contributed by atoms with Crippen molar-refractivity contribution in [1.82, 2.24) is 25.4 Å². The predicted molar refractivity (Wildman–Crippen MR) is 122 cm³/mol. The Labute approximate surface area is 186 Å². The first-order valence-electron chi connectivity index (χ1n) is 10.4. The number of hydrogen-bond donors (Lipinski definition) is 2. The van der Waals surface area contributed by atoms with E-state index in [1.54, 1.807) is 12.1 Å². The van der Waals surface area contributed by atoms with Crippen LogP contribution in [-0.4, -0.2) is 27.3 Å². The van der Waals surface area contributed by atoms with Crippen LogP contribution in [0.3, 0.4) is 0 Å². The van der Waals surface area contributed by atoms with E-state index in [9.17, 15) is 9.18 Å². The number of unbranched alkanes of at least 4 members (excludes halogenated alkanes) is 1. The van der Waals surface area contributed by atoms with E-state index in [2.05, 4.69) is 27.8 Å². The first-order chi connectivity index (χ1) is 15.0. The summed E-state index contributed by atoms with van der Waals surface area (Å²) in [5.41, 5.74) is 3.07. The number of aromatic nitrogens is 3. The Morgan fingerprint density at radius 3 is 2.52 bits per heavy atom. The lowest BCUT2D eigenvalue weighted by Gasteiger charge is -2.17. The van der Waals surface area contributed by atoms with Crippen molar-refractivity contribution >= 4 is 17.8 Å². The Kier molecular flexibility index (Phi) is 8.06. The molecule has 0 saturated carbocycles. The van der Waals surface area contributed by atoms with E-state index >= 15 is 0 Å². The molecule has 6 nitrogen and oxygen atoms in total. The van der Waals surface area contributed by atoms with Crippen molar-refractivity contribution in [3.05, 3.63) is 71.3 Å². The smallest absolute Gasteiger partial charge is 0.315 e. The van der Waals surface area contributed by atoms with Gasteiger partial charge in [-0.2, -0.15) is 0 Å². The number of benzene rings is 2. The summed E-state index contributed by atoms with van der Waals surface area (Å²) in [7, 11) is 0. The summed E-state index contributed by atoms with van der Waals surface area (Å²) in [6, 6.07) is 14.0. The van der Waals surface area contributed by atoms with Gasteiger partial charge in [0.15, 0.2) is 11.0 Å². The van der Waals surface area contributed by atoms with Gasteiger partial charge in [0.25, 0.3) is 0 Å². The number of carbonyl (C=O) groups is 1. The third-order valence-corrected chi connectivity index (χ3v) is 5.78. The van der Waals surface area contributed by atoms with Crippen molar-refractivity contribution in [3.8, 4) is 5.69 Å². The Balaban J connectivity index is 1.82. The van der Waals surface area contributed by atoms with E-state index in [-0.39, 0.29) is 17.9 Å². The van der Waals surface area contributed by atoms with Crippen molar-refractivity contribution in [1.29, 1.82) is 0 Å². The molecular formula is C23H28FN5OS. The quantitative estimate of drug-likeness (QED) is 0.355. The lowest BCUT2D eigenvalue weighted by atomic mass is 10.2. The highest BCUT2D eigenvalue weighted by molar-refractivity contribution is 7.98. The van der Waals surface area contributed by atoms with Crippen molar-refractivity contribution in [2.45, 2.75) is 50.6 Å². The van der Waals surface area contributed by atoms with E-state index in [1.807, 2.05) is 42.7 Å². The second-order valence-electron chi connectivity index (χ2n) is 7.40.